The first-order valence-electron chi connectivity index (χ1n) is 6.34. The smallest absolute Gasteiger partial charge is 0.252 e. The molecule has 0 aliphatic carbocycles. The Labute approximate surface area is 107 Å². The van der Waals surface area contributed by atoms with Gasteiger partial charge in [0.25, 0.3) is 5.91 Å². The zero-order valence-electron chi connectivity index (χ0n) is 10.7. The van der Waals surface area contributed by atoms with Crippen LogP contribution in [-0.4, -0.2) is 30.5 Å². The summed E-state index contributed by atoms with van der Waals surface area (Å²) in [4.78, 5) is 18.1. The molecule has 1 aliphatic heterocycles. The third-order valence-electron chi connectivity index (χ3n) is 3.43. The molecule has 0 saturated carbocycles. The van der Waals surface area contributed by atoms with Crippen molar-refractivity contribution in [2.75, 3.05) is 24.5 Å². The fourth-order valence-electron chi connectivity index (χ4n) is 2.43. The number of piperidine rings is 1. The highest BCUT2D eigenvalue weighted by molar-refractivity contribution is 5.97. The number of nitrogens with two attached hydrogens (primary N) is 2. The van der Waals surface area contributed by atoms with Crippen LogP contribution in [-0.2, 0) is 0 Å². The molecule has 1 saturated heterocycles. The van der Waals surface area contributed by atoms with Crippen LogP contribution in [0.25, 0.3) is 0 Å². The number of aryl methyl sites for hydroxylation is 1. The number of anilines is 1. The van der Waals surface area contributed by atoms with Gasteiger partial charge >= 0.3 is 0 Å². The molecule has 0 bridgehead atoms. The number of primary amides is 1. The summed E-state index contributed by atoms with van der Waals surface area (Å²) >= 11 is 0. The van der Waals surface area contributed by atoms with Crippen LogP contribution < -0.4 is 16.4 Å². The van der Waals surface area contributed by atoms with Crippen molar-refractivity contribution in [1.82, 2.24) is 4.98 Å². The van der Waals surface area contributed by atoms with Crippen LogP contribution >= 0.6 is 0 Å². The van der Waals surface area contributed by atoms with Gasteiger partial charge in [0.15, 0.2) is 0 Å². The molecule has 5 heteroatoms. The van der Waals surface area contributed by atoms with Crippen molar-refractivity contribution >= 4 is 11.7 Å². The van der Waals surface area contributed by atoms with Crippen LogP contribution in [0.5, 0.6) is 0 Å². The van der Waals surface area contributed by atoms with Crippen LogP contribution in [0.1, 0.15) is 28.9 Å². The summed E-state index contributed by atoms with van der Waals surface area (Å²) in [7, 11) is 0. The second kappa shape index (κ2) is 5.35. The normalized spacial score (nSPS) is 19.9. The highest BCUT2D eigenvalue weighted by Crippen LogP contribution is 2.24. The Kier molecular flexibility index (Phi) is 3.81. The Morgan fingerprint density at radius 2 is 2.33 bits per heavy atom. The van der Waals surface area contributed by atoms with E-state index in [9.17, 15) is 4.79 Å². The lowest BCUT2D eigenvalue weighted by Crippen LogP contribution is -2.40. The summed E-state index contributed by atoms with van der Waals surface area (Å²) < 4.78 is 0. The van der Waals surface area contributed by atoms with Crippen LogP contribution in [0.15, 0.2) is 12.1 Å². The molecular weight excluding hydrogens is 228 g/mol. The van der Waals surface area contributed by atoms with Crippen molar-refractivity contribution in [3.63, 3.8) is 0 Å². The molecule has 4 N–H and O–H groups in total. The molecule has 1 aromatic rings. The van der Waals surface area contributed by atoms with E-state index in [-0.39, 0.29) is 0 Å². The van der Waals surface area contributed by atoms with Gasteiger partial charge in [0.05, 0.1) is 5.56 Å². The first-order chi connectivity index (χ1) is 8.61. The van der Waals surface area contributed by atoms with Gasteiger partial charge in [-0.05, 0) is 44.4 Å². The number of aromatic nitrogens is 1. The van der Waals surface area contributed by atoms with Gasteiger partial charge < -0.3 is 16.4 Å². The van der Waals surface area contributed by atoms with Gasteiger partial charge in [-0.1, -0.05) is 0 Å². The van der Waals surface area contributed by atoms with E-state index in [0.29, 0.717) is 23.8 Å². The summed E-state index contributed by atoms with van der Waals surface area (Å²) in [6, 6.07) is 3.57. The Morgan fingerprint density at radius 3 is 3.00 bits per heavy atom. The van der Waals surface area contributed by atoms with E-state index in [1.165, 1.54) is 0 Å². The molecule has 98 valence electrons. The Morgan fingerprint density at radius 1 is 1.56 bits per heavy atom. The Balaban J connectivity index is 2.31. The molecule has 1 unspecified atom stereocenters. The molecule has 0 aromatic carbocycles. The van der Waals surface area contributed by atoms with E-state index >= 15 is 0 Å². The van der Waals surface area contributed by atoms with Crippen molar-refractivity contribution in [2.24, 2.45) is 17.4 Å². The lowest BCUT2D eigenvalue weighted by molar-refractivity contribution is 0.100. The molecule has 0 radical (unpaired) electrons. The molecule has 2 rings (SSSR count). The zero-order chi connectivity index (χ0) is 13.1. The number of carbonyl (C=O) groups excluding carboxylic acids is 1. The highest BCUT2D eigenvalue weighted by Gasteiger charge is 2.23. The van der Waals surface area contributed by atoms with E-state index in [0.717, 1.165) is 31.6 Å². The number of carbonyl (C=O) groups is 1. The molecule has 5 nitrogen and oxygen atoms in total. The second-order valence-corrected chi connectivity index (χ2v) is 4.88. The minimum Gasteiger partial charge on any atom is -0.365 e. The topological polar surface area (TPSA) is 85.2 Å². The SMILES string of the molecule is Cc1ccc(C(N)=O)c(N2CCCC(CN)C2)n1. The maximum atomic E-state index is 11.5. The van der Waals surface area contributed by atoms with Crippen LogP contribution in [0.3, 0.4) is 0 Å². The number of hydrogen-bond acceptors (Lipinski definition) is 4. The van der Waals surface area contributed by atoms with Crippen molar-refractivity contribution < 1.29 is 4.79 Å². The summed E-state index contributed by atoms with van der Waals surface area (Å²) in [5, 5.41) is 0. The molecular formula is C13H20N4O. The average molecular weight is 248 g/mol. The van der Waals surface area contributed by atoms with Gasteiger partial charge in [-0.15, -0.1) is 0 Å². The third kappa shape index (κ3) is 2.61. The standard InChI is InChI=1S/C13H20N4O/c1-9-4-5-11(12(15)18)13(16-9)17-6-2-3-10(7-14)8-17/h4-5,10H,2-3,6-8,14H2,1H3,(H2,15,18). The van der Waals surface area contributed by atoms with Gasteiger partial charge in [0, 0.05) is 18.8 Å². The number of pyridine rings is 1. The highest BCUT2D eigenvalue weighted by atomic mass is 16.1. The van der Waals surface area contributed by atoms with Gasteiger partial charge in [-0.3, -0.25) is 4.79 Å². The molecule has 1 aromatic heterocycles. The molecule has 1 amide bonds. The minimum atomic E-state index is -0.424. The van der Waals surface area contributed by atoms with E-state index in [1.54, 1.807) is 6.07 Å². The van der Waals surface area contributed by atoms with Crippen molar-refractivity contribution in [2.45, 2.75) is 19.8 Å². The third-order valence-corrected chi connectivity index (χ3v) is 3.43. The molecule has 18 heavy (non-hydrogen) atoms. The maximum absolute atomic E-state index is 11.5. The van der Waals surface area contributed by atoms with Crippen molar-refractivity contribution in [3.8, 4) is 0 Å². The average Bonchev–Trinajstić information content (AvgIpc) is 2.38. The molecule has 2 heterocycles. The van der Waals surface area contributed by atoms with Crippen LogP contribution in [0.4, 0.5) is 5.82 Å². The first-order valence-corrected chi connectivity index (χ1v) is 6.34. The van der Waals surface area contributed by atoms with Gasteiger partial charge in [0.2, 0.25) is 0 Å². The number of nitrogens with zero attached hydrogens (tertiary/aromatic N) is 2. The van der Waals surface area contributed by atoms with Crippen LogP contribution in [0.2, 0.25) is 0 Å². The molecule has 1 atom stereocenters. The Hall–Kier alpha value is -1.62. The lowest BCUT2D eigenvalue weighted by atomic mass is 9.98. The fourth-order valence-corrected chi connectivity index (χ4v) is 2.43. The fraction of sp³-hybridized carbons (Fsp3) is 0.538. The molecule has 0 spiro atoms. The van der Waals surface area contributed by atoms with E-state index in [4.69, 9.17) is 11.5 Å². The summed E-state index contributed by atoms with van der Waals surface area (Å²) in [5.41, 5.74) is 12.5. The van der Waals surface area contributed by atoms with Crippen LogP contribution in [0, 0.1) is 12.8 Å². The minimum absolute atomic E-state index is 0.424. The summed E-state index contributed by atoms with van der Waals surface area (Å²) in [6.45, 7) is 4.35. The van der Waals surface area contributed by atoms with E-state index in [1.807, 2.05) is 13.0 Å². The van der Waals surface area contributed by atoms with Gasteiger partial charge in [0.1, 0.15) is 5.82 Å². The van der Waals surface area contributed by atoms with Crippen molar-refractivity contribution in [1.29, 1.82) is 0 Å². The largest absolute Gasteiger partial charge is 0.365 e. The molecule has 1 aliphatic rings. The maximum Gasteiger partial charge on any atom is 0.252 e. The summed E-state index contributed by atoms with van der Waals surface area (Å²) in [6.07, 6.45) is 2.22. The monoisotopic (exact) mass is 248 g/mol. The van der Waals surface area contributed by atoms with E-state index in [2.05, 4.69) is 9.88 Å². The second-order valence-electron chi connectivity index (χ2n) is 4.88. The number of rotatable bonds is 3. The Bertz CT molecular complexity index is 447. The molecule has 1 fully saturated rings. The van der Waals surface area contributed by atoms with Gasteiger partial charge in [-0.2, -0.15) is 0 Å². The summed E-state index contributed by atoms with van der Waals surface area (Å²) in [5.74, 6) is 0.759. The first kappa shape index (κ1) is 12.8. The van der Waals surface area contributed by atoms with Crippen molar-refractivity contribution in [3.05, 3.63) is 23.4 Å². The zero-order valence-corrected chi connectivity index (χ0v) is 10.7. The van der Waals surface area contributed by atoms with E-state index < -0.39 is 5.91 Å². The predicted molar refractivity (Wildman–Crippen MR) is 71.5 cm³/mol. The lowest BCUT2D eigenvalue weighted by Gasteiger charge is -2.33. The van der Waals surface area contributed by atoms with Gasteiger partial charge in [-0.25, -0.2) is 4.98 Å². The number of amides is 1. The number of hydrogen-bond donors (Lipinski definition) is 2. The predicted octanol–water partition coefficient (Wildman–Crippen LogP) is 0.664. The quantitative estimate of drug-likeness (QED) is 0.823.